The molecule has 0 aliphatic rings. The summed E-state index contributed by atoms with van der Waals surface area (Å²) in [6, 6.07) is 2.96. The standard InChI is InChI=1S/C18H17Cl2N5O5/c1-7(2)9-5-12(23-25(4)17(9)27)29-14-10(19)6-11(8(3)13(14)20)21-16(26)15-22-18(28)30-24-15/h5-7H,1-4H3,(H,21,26)(H,22,24,28). The lowest BCUT2D eigenvalue weighted by Crippen LogP contribution is -2.24. The Balaban J connectivity index is 1.95. The van der Waals surface area contributed by atoms with E-state index in [2.05, 4.69) is 25.1 Å². The van der Waals surface area contributed by atoms with E-state index in [-0.39, 0.29) is 44.7 Å². The van der Waals surface area contributed by atoms with Gasteiger partial charge in [-0.1, -0.05) is 37.0 Å². The number of rotatable bonds is 5. The quantitative estimate of drug-likeness (QED) is 0.605. The van der Waals surface area contributed by atoms with Crippen molar-refractivity contribution in [2.45, 2.75) is 26.7 Å². The van der Waals surface area contributed by atoms with Crippen LogP contribution in [0, 0.1) is 6.92 Å². The van der Waals surface area contributed by atoms with Crippen molar-refractivity contribution in [3.05, 3.63) is 60.0 Å². The fourth-order valence-electron chi connectivity index (χ4n) is 2.60. The highest BCUT2D eigenvalue weighted by Gasteiger charge is 2.20. The highest BCUT2D eigenvalue weighted by molar-refractivity contribution is 6.38. The lowest BCUT2D eigenvalue weighted by molar-refractivity contribution is 0.101. The number of benzene rings is 1. The first-order valence-corrected chi connectivity index (χ1v) is 9.46. The van der Waals surface area contributed by atoms with E-state index in [9.17, 15) is 14.4 Å². The van der Waals surface area contributed by atoms with Gasteiger partial charge in [0.1, 0.15) is 0 Å². The monoisotopic (exact) mass is 453 g/mol. The Kier molecular flexibility index (Phi) is 5.99. The van der Waals surface area contributed by atoms with E-state index in [1.165, 1.54) is 23.9 Å². The molecular formula is C18H17Cl2N5O5. The number of H-pyrrole nitrogens is 1. The summed E-state index contributed by atoms with van der Waals surface area (Å²) in [5.74, 6) is -1.66. The number of ether oxygens (including phenoxy) is 1. The third kappa shape index (κ3) is 4.24. The van der Waals surface area contributed by atoms with Gasteiger partial charge in [-0.15, -0.1) is 5.10 Å². The number of nitrogens with zero attached hydrogens (tertiary/aromatic N) is 3. The van der Waals surface area contributed by atoms with Gasteiger partial charge in [0, 0.05) is 24.4 Å². The highest BCUT2D eigenvalue weighted by atomic mass is 35.5. The first-order chi connectivity index (χ1) is 14.1. The Hall–Kier alpha value is -3.11. The number of carbonyl (C=O) groups is 1. The summed E-state index contributed by atoms with van der Waals surface area (Å²) in [6.45, 7) is 5.40. The highest BCUT2D eigenvalue weighted by Crippen LogP contribution is 2.41. The zero-order valence-corrected chi connectivity index (χ0v) is 17.9. The number of aryl methyl sites for hydroxylation is 1. The number of aromatic nitrogens is 4. The van der Waals surface area contributed by atoms with Gasteiger partial charge >= 0.3 is 5.76 Å². The molecule has 158 valence electrons. The van der Waals surface area contributed by atoms with E-state index < -0.39 is 11.7 Å². The lowest BCUT2D eigenvalue weighted by atomic mass is 10.1. The van der Waals surface area contributed by atoms with E-state index in [4.69, 9.17) is 27.9 Å². The fourth-order valence-corrected chi connectivity index (χ4v) is 3.13. The zero-order chi connectivity index (χ0) is 22.2. The minimum absolute atomic E-state index is 0.0395. The van der Waals surface area contributed by atoms with Crippen molar-refractivity contribution >= 4 is 34.8 Å². The summed E-state index contributed by atoms with van der Waals surface area (Å²) < 4.78 is 11.3. The molecule has 2 aromatic heterocycles. The summed E-state index contributed by atoms with van der Waals surface area (Å²) >= 11 is 12.7. The molecule has 1 amide bonds. The molecule has 1 aromatic carbocycles. The Bertz CT molecular complexity index is 1240. The van der Waals surface area contributed by atoms with Crippen LogP contribution < -0.4 is 21.4 Å². The third-order valence-corrected chi connectivity index (χ3v) is 4.96. The summed E-state index contributed by atoms with van der Waals surface area (Å²) in [5, 5.41) is 10.2. The molecule has 0 saturated carbocycles. The summed E-state index contributed by atoms with van der Waals surface area (Å²) in [5.41, 5.74) is 1.03. The van der Waals surface area contributed by atoms with E-state index >= 15 is 0 Å². The van der Waals surface area contributed by atoms with Gasteiger partial charge in [0.25, 0.3) is 11.5 Å². The van der Waals surface area contributed by atoms with Gasteiger partial charge < -0.3 is 10.1 Å². The molecule has 0 aliphatic carbocycles. The van der Waals surface area contributed by atoms with Crippen LogP contribution in [-0.4, -0.2) is 25.8 Å². The molecule has 0 unspecified atom stereocenters. The molecule has 2 heterocycles. The van der Waals surface area contributed by atoms with Gasteiger partial charge in [-0.2, -0.15) is 0 Å². The molecule has 3 aromatic rings. The largest absolute Gasteiger partial charge is 0.439 e. The smallest absolute Gasteiger partial charge is 0.434 e. The predicted molar refractivity (Wildman–Crippen MR) is 110 cm³/mol. The van der Waals surface area contributed by atoms with E-state index in [0.717, 1.165) is 0 Å². The van der Waals surface area contributed by atoms with Crippen molar-refractivity contribution in [1.29, 1.82) is 0 Å². The van der Waals surface area contributed by atoms with Gasteiger partial charge in [0.05, 0.1) is 10.0 Å². The van der Waals surface area contributed by atoms with Gasteiger partial charge in [0.15, 0.2) is 5.75 Å². The molecular weight excluding hydrogens is 437 g/mol. The minimum Gasteiger partial charge on any atom is -0.434 e. The van der Waals surface area contributed by atoms with Crippen LogP contribution in [0.25, 0.3) is 0 Å². The summed E-state index contributed by atoms with van der Waals surface area (Å²) in [7, 11) is 1.52. The second-order valence-electron chi connectivity index (χ2n) is 6.70. The normalized spacial score (nSPS) is 11.0. The Morgan fingerprint density at radius 1 is 1.30 bits per heavy atom. The number of hydrogen-bond donors (Lipinski definition) is 2. The molecule has 0 radical (unpaired) electrons. The number of aromatic amines is 1. The predicted octanol–water partition coefficient (Wildman–Crippen LogP) is 3.24. The molecule has 0 aliphatic heterocycles. The van der Waals surface area contributed by atoms with Crippen molar-refractivity contribution in [1.82, 2.24) is 19.9 Å². The minimum atomic E-state index is -0.859. The number of amides is 1. The summed E-state index contributed by atoms with van der Waals surface area (Å²) in [6.07, 6.45) is 0. The average Bonchev–Trinajstić information content (AvgIpc) is 3.12. The Morgan fingerprint density at radius 3 is 2.60 bits per heavy atom. The second kappa shape index (κ2) is 8.33. The number of hydrogen-bond acceptors (Lipinski definition) is 7. The van der Waals surface area contributed by atoms with Gasteiger partial charge in [-0.25, -0.2) is 9.48 Å². The third-order valence-electron chi connectivity index (χ3n) is 4.22. The van der Waals surface area contributed by atoms with Crippen LogP contribution in [0.2, 0.25) is 10.0 Å². The maximum Gasteiger partial charge on any atom is 0.439 e. The average molecular weight is 454 g/mol. The lowest BCUT2D eigenvalue weighted by Gasteiger charge is -2.16. The first kappa shape index (κ1) is 21.6. The van der Waals surface area contributed by atoms with Crippen molar-refractivity contribution in [2.24, 2.45) is 7.05 Å². The molecule has 3 rings (SSSR count). The van der Waals surface area contributed by atoms with Crippen LogP contribution in [0.1, 0.15) is 41.5 Å². The molecule has 0 fully saturated rings. The Morgan fingerprint density at radius 2 is 2.00 bits per heavy atom. The summed E-state index contributed by atoms with van der Waals surface area (Å²) in [4.78, 5) is 37.5. The van der Waals surface area contributed by atoms with E-state index in [1.54, 1.807) is 6.92 Å². The molecule has 30 heavy (non-hydrogen) atoms. The van der Waals surface area contributed by atoms with Gasteiger partial charge in [0.2, 0.25) is 11.7 Å². The van der Waals surface area contributed by atoms with Crippen molar-refractivity contribution in [3.63, 3.8) is 0 Å². The van der Waals surface area contributed by atoms with Crippen LogP contribution in [-0.2, 0) is 7.05 Å². The maximum absolute atomic E-state index is 12.2. The van der Waals surface area contributed by atoms with Gasteiger partial charge in [-0.05, 0) is 29.6 Å². The molecule has 0 bridgehead atoms. The van der Waals surface area contributed by atoms with Crippen molar-refractivity contribution < 1.29 is 14.1 Å². The molecule has 2 N–H and O–H groups in total. The number of carbonyl (C=O) groups excluding carboxylic acids is 1. The first-order valence-electron chi connectivity index (χ1n) is 8.70. The van der Waals surface area contributed by atoms with Crippen LogP contribution in [0.3, 0.4) is 0 Å². The molecule has 10 nitrogen and oxygen atoms in total. The fraction of sp³-hybridized carbons (Fsp3) is 0.278. The van der Waals surface area contributed by atoms with E-state index in [0.29, 0.717) is 11.1 Å². The number of anilines is 1. The number of nitrogens with one attached hydrogen (secondary N) is 2. The topological polar surface area (TPSA) is 132 Å². The van der Waals surface area contributed by atoms with Crippen molar-refractivity contribution in [2.75, 3.05) is 5.32 Å². The van der Waals surface area contributed by atoms with Gasteiger partial charge in [-0.3, -0.25) is 19.1 Å². The number of halogens is 2. The SMILES string of the molecule is Cc1c(NC(=O)c2noc(=O)[nH]2)cc(Cl)c(Oc2cc(C(C)C)c(=O)n(C)n2)c1Cl. The van der Waals surface area contributed by atoms with E-state index in [1.807, 2.05) is 13.8 Å². The second-order valence-corrected chi connectivity index (χ2v) is 7.48. The Labute approximate surface area is 179 Å². The maximum atomic E-state index is 12.2. The molecule has 12 heteroatoms. The van der Waals surface area contributed by atoms with Crippen LogP contribution in [0.4, 0.5) is 5.69 Å². The molecule has 0 spiro atoms. The van der Waals surface area contributed by atoms with Crippen LogP contribution in [0.5, 0.6) is 11.6 Å². The van der Waals surface area contributed by atoms with Crippen LogP contribution in [0.15, 0.2) is 26.2 Å². The molecule has 0 atom stereocenters. The van der Waals surface area contributed by atoms with Crippen molar-refractivity contribution in [3.8, 4) is 11.6 Å². The van der Waals surface area contributed by atoms with Crippen LogP contribution >= 0.6 is 23.2 Å². The molecule has 0 saturated heterocycles. The zero-order valence-electron chi connectivity index (χ0n) is 16.4.